The van der Waals surface area contributed by atoms with Gasteiger partial charge in [-0.25, -0.2) is 0 Å². The molecule has 0 radical (unpaired) electrons. The van der Waals surface area contributed by atoms with Gasteiger partial charge in [-0.1, -0.05) is 30.3 Å². The molecule has 0 saturated carbocycles. The molecule has 3 aromatic rings. The van der Waals surface area contributed by atoms with Gasteiger partial charge < -0.3 is 14.0 Å². The summed E-state index contributed by atoms with van der Waals surface area (Å²) in [5, 5.41) is -0.205. The van der Waals surface area contributed by atoms with Crippen molar-refractivity contribution < 1.29 is 19.1 Å². The number of nitrogens with zero attached hydrogens (tertiary/aromatic N) is 2. The van der Waals surface area contributed by atoms with Crippen LogP contribution in [0.1, 0.15) is 28.9 Å². The predicted molar refractivity (Wildman–Crippen MR) is 129 cm³/mol. The number of ether oxygens (including phenoxy) is 2. The summed E-state index contributed by atoms with van der Waals surface area (Å²) >= 11 is 1.01. The number of imide groups is 1. The molecule has 3 heterocycles. The number of aryl methyl sites for hydroxylation is 2. The van der Waals surface area contributed by atoms with Crippen LogP contribution in [0.2, 0.25) is 0 Å². The third-order valence-electron chi connectivity index (χ3n) is 5.93. The van der Waals surface area contributed by atoms with Gasteiger partial charge in [-0.3, -0.25) is 14.5 Å². The molecule has 6 nitrogen and oxygen atoms in total. The Balaban J connectivity index is 1.33. The molecule has 5 rings (SSSR count). The van der Waals surface area contributed by atoms with Crippen molar-refractivity contribution in [2.75, 3.05) is 13.3 Å². The van der Waals surface area contributed by atoms with Gasteiger partial charge in [0.2, 0.25) is 6.79 Å². The van der Waals surface area contributed by atoms with Gasteiger partial charge in [0.25, 0.3) is 11.1 Å². The molecule has 33 heavy (non-hydrogen) atoms. The van der Waals surface area contributed by atoms with E-state index in [4.69, 9.17) is 9.47 Å². The maximum absolute atomic E-state index is 12.9. The molecule has 0 unspecified atom stereocenters. The summed E-state index contributed by atoms with van der Waals surface area (Å²) in [7, 11) is 0. The molecule has 0 bridgehead atoms. The Hall–Kier alpha value is -3.45. The molecule has 0 atom stereocenters. The number of fused-ring (bicyclic) bond motifs is 1. The molecule has 2 aromatic carbocycles. The monoisotopic (exact) mass is 460 g/mol. The fraction of sp³-hybridized carbons (Fsp3) is 0.231. The highest BCUT2D eigenvalue weighted by Gasteiger charge is 2.34. The van der Waals surface area contributed by atoms with Gasteiger partial charge >= 0.3 is 0 Å². The molecule has 0 N–H and O–H groups in total. The zero-order valence-electron chi connectivity index (χ0n) is 18.5. The maximum Gasteiger partial charge on any atom is 0.293 e. The summed E-state index contributed by atoms with van der Waals surface area (Å²) in [5.74, 6) is 1.24. The van der Waals surface area contributed by atoms with Crippen LogP contribution in [0.3, 0.4) is 0 Å². The second-order valence-corrected chi connectivity index (χ2v) is 9.12. The third kappa shape index (κ3) is 4.16. The second-order valence-electron chi connectivity index (χ2n) is 8.12. The van der Waals surface area contributed by atoms with Gasteiger partial charge in [0.05, 0.1) is 4.91 Å². The quantitative estimate of drug-likeness (QED) is 0.455. The van der Waals surface area contributed by atoms with Gasteiger partial charge in [0.1, 0.15) is 0 Å². The molecule has 1 aromatic heterocycles. The van der Waals surface area contributed by atoms with Crippen LogP contribution >= 0.6 is 11.8 Å². The van der Waals surface area contributed by atoms with Crippen molar-refractivity contribution in [1.82, 2.24) is 9.47 Å². The average molecular weight is 461 g/mol. The molecular formula is C26H24N2O4S. The van der Waals surface area contributed by atoms with E-state index in [1.54, 1.807) is 0 Å². The van der Waals surface area contributed by atoms with Crippen LogP contribution in [0.15, 0.2) is 59.5 Å². The zero-order valence-corrected chi connectivity index (χ0v) is 19.4. The standard InChI is InChI=1S/C26H24N2O4S/c1-17-13-20(18(2)28(17)21-10-11-22-23(15-21)32-16-31-22)14-24-25(29)27(26(30)33-24)12-6-9-19-7-4-3-5-8-19/h3-5,7-8,10-11,13-15H,6,9,12,16H2,1-2H3/b24-14+. The van der Waals surface area contributed by atoms with E-state index in [-0.39, 0.29) is 17.9 Å². The van der Waals surface area contributed by atoms with Crippen molar-refractivity contribution in [1.29, 1.82) is 0 Å². The normalized spacial score (nSPS) is 16.3. The highest BCUT2D eigenvalue weighted by molar-refractivity contribution is 8.18. The highest BCUT2D eigenvalue weighted by Crippen LogP contribution is 2.36. The molecule has 7 heteroatoms. The Morgan fingerprint density at radius 2 is 1.79 bits per heavy atom. The van der Waals surface area contributed by atoms with Gasteiger partial charge in [0.15, 0.2) is 11.5 Å². The fourth-order valence-electron chi connectivity index (χ4n) is 4.28. The lowest BCUT2D eigenvalue weighted by molar-refractivity contribution is -0.122. The van der Waals surface area contributed by atoms with Gasteiger partial charge in [0, 0.05) is 29.7 Å². The highest BCUT2D eigenvalue weighted by atomic mass is 32.2. The molecule has 0 spiro atoms. The van der Waals surface area contributed by atoms with E-state index in [0.29, 0.717) is 11.4 Å². The summed E-state index contributed by atoms with van der Waals surface area (Å²) in [6.45, 7) is 4.68. The Labute approximate surface area is 196 Å². The minimum Gasteiger partial charge on any atom is -0.454 e. The van der Waals surface area contributed by atoms with Crippen molar-refractivity contribution in [3.8, 4) is 17.2 Å². The van der Waals surface area contributed by atoms with Crippen molar-refractivity contribution in [3.05, 3.63) is 82.0 Å². The predicted octanol–water partition coefficient (Wildman–Crippen LogP) is 5.49. The number of aromatic nitrogens is 1. The summed E-state index contributed by atoms with van der Waals surface area (Å²) < 4.78 is 13.0. The minimum absolute atomic E-state index is 0.205. The van der Waals surface area contributed by atoms with Gasteiger partial charge in [-0.2, -0.15) is 0 Å². The van der Waals surface area contributed by atoms with E-state index < -0.39 is 0 Å². The van der Waals surface area contributed by atoms with Crippen molar-refractivity contribution >= 4 is 29.0 Å². The Kier molecular flexibility index (Phi) is 5.72. The van der Waals surface area contributed by atoms with Crippen LogP contribution in [0, 0.1) is 13.8 Å². The Morgan fingerprint density at radius 1 is 1.00 bits per heavy atom. The summed E-state index contributed by atoms with van der Waals surface area (Å²) in [5.41, 5.74) is 5.10. The van der Waals surface area contributed by atoms with Gasteiger partial charge in [-0.15, -0.1) is 0 Å². The van der Waals surface area contributed by atoms with Gasteiger partial charge in [-0.05, 0) is 73.9 Å². The minimum atomic E-state index is -0.217. The van der Waals surface area contributed by atoms with E-state index >= 15 is 0 Å². The maximum atomic E-state index is 12.9. The number of carbonyl (C=O) groups is 2. The Bertz CT molecular complexity index is 1260. The Morgan fingerprint density at radius 3 is 2.61 bits per heavy atom. The molecule has 168 valence electrons. The van der Waals surface area contributed by atoms with Crippen LogP contribution < -0.4 is 9.47 Å². The first kappa shape index (κ1) is 21.4. The van der Waals surface area contributed by atoms with E-state index in [1.165, 1.54) is 10.5 Å². The first-order valence-electron chi connectivity index (χ1n) is 10.9. The number of hydrogen-bond donors (Lipinski definition) is 0. The lowest BCUT2D eigenvalue weighted by Crippen LogP contribution is -2.29. The molecule has 1 fully saturated rings. The van der Waals surface area contributed by atoms with Crippen LogP contribution in [-0.4, -0.2) is 34.0 Å². The van der Waals surface area contributed by atoms with Crippen LogP contribution in [0.25, 0.3) is 11.8 Å². The topological polar surface area (TPSA) is 60.8 Å². The lowest BCUT2D eigenvalue weighted by Gasteiger charge is -2.12. The average Bonchev–Trinajstić information content (AvgIpc) is 3.46. The summed E-state index contributed by atoms with van der Waals surface area (Å²) in [6.07, 6.45) is 3.40. The van der Waals surface area contributed by atoms with Crippen LogP contribution in [0.4, 0.5) is 4.79 Å². The van der Waals surface area contributed by atoms with Crippen LogP contribution in [0.5, 0.6) is 11.5 Å². The number of thioether (sulfide) groups is 1. The number of rotatable bonds is 6. The van der Waals surface area contributed by atoms with E-state index in [1.807, 2.05) is 62.4 Å². The van der Waals surface area contributed by atoms with Crippen molar-refractivity contribution in [3.63, 3.8) is 0 Å². The summed E-state index contributed by atoms with van der Waals surface area (Å²) in [6, 6.07) is 18.0. The molecular weight excluding hydrogens is 436 g/mol. The largest absolute Gasteiger partial charge is 0.454 e. The van der Waals surface area contributed by atoms with E-state index in [9.17, 15) is 9.59 Å². The lowest BCUT2D eigenvalue weighted by atomic mass is 10.1. The molecule has 2 amide bonds. The van der Waals surface area contributed by atoms with E-state index in [0.717, 1.165) is 58.7 Å². The number of amides is 2. The third-order valence-corrected chi connectivity index (χ3v) is 6.84. The summed E-state index contributed by atoms with van der Waals surface area (Å²) in [4.78, 5) is 27.3. The first-order valence-corrected chi connectivity index (χ1v) is 11.7. The zero-order chi connectivity index (χ0) is 22.9. The SMILES string of the molecule is Cc1cc(/C=C2/SC(=O)N(CCCc3ccccc3)C2=O)c(C)n1-c1ccc2c(c1)OCO2. The molecule has 0 aliphatic carbocycles. The number of hydrogen-bond acceptors (Lipinski definition) is 5. The van der Waals surface area contributed by atoms with E-state index in [2.05, 4.69) is 16.7 Å². The molecule has 2 aliphatic rings. The first-order chi connectivity index (χ1) is 16.0. The smallest absolute Gasteiger partial charge is 0.293 e. The number of benzene rings is 2. The fourth-order valence-corrected chi connectivity index (χ4v) is 5.13. The number of carbonyl (C=O) groups excluding carboxylic acids is 2. The molecule has 2 aliphatic heterocycles. The van der Waals surface area contributed by atoms with Crippen LogP contribution in [-0.2, 0) is 11.2 Å². The molecule has 1 saturated heterocycles. The second kappa shape index (κ2) is 8.83. The van der Waals surface area contributed by atoms with Crippen molar-refractivity contribution in [2.24, 2.45) is 0 Å². The van der Waals surface area contributed by atoms with Crippen molar-refractivity contribution in [2.45, 2.75) is 26.7 Å².